The van der Waals surface area contributed by atoms with Crippen molar-refractivity contribution in [1.29, 1.82) is 0 Å². The summed E-state index contributed by atoms with van der Waals surface area (Å²) in [6.45, 7) is 22.6. The predicted octanol–water partition coefficient (Wildman–Crippen LogP) is 10.7. The van der Waals surface area contributed by atoms with Crippen LogP contribution in [-0.2, 0) is 9.53 Å². The van der Waals surface area contributed by atoms with Gasteiger partial charge in [0.15, 0.2) is 5.78 Å². The number of hydrogen-bond acceptors (Lipinski definition) is 7. The molecule has 10 heteroatoms. The number of halogens is 1. The molecule has 0 spiro atoms. The number of rotatable bonds is 12. The van der Waals surface area contributed by atoms with Gasteiger partial charge in [-0.05, 0) is 122 Å². The Morgan fingerprint density at radius 2 is 1.71 bits per heavy atom. The number of likely N-dealkylation sites (tertiary alicyclic amines) is 1. The molecule has 0 atom stereocenters. The Morgan fingerprint density at radius 1 is 1.06 bits per heavy atom. The lowest BCUT2D eigenvalue weighted by atomic mass is 9.86. The number of Topliss-reactive ketones (excluding diaryl/α,β-unsaturated/α-hetero) is 1. The predicted molar refractivity (Wildman–Crippen MR) is 206 cm³/mol. The fourth-order valence-electron chi connectivity index (χ4n) is 5.64. The highest BCUT2D eigenvalue weighted by atomic mass is 35.5. The molecule has 2 aromatic carbocycles. The largest absolute Gasteiger partial charge is 0.489 e. The van der Waals surface area contributed by atoms with Gasteiger partial charge in [0.05, 0.1) is 23.1 Å². The number of hydrogen-bond donors (Lipinski definition) is 2. The summed E-state index contributed by atoms with van der Waals surface area (Å²) in [5, 5.41) is 7.68. The molecule has 0 saturated carbocycles. The molecule has 0 aliphatic carbocycles. The molecule has 1 heterocycles. The average Bonchev–Trinajstić information content (AvgIpc) is 2.98. The SMILES string of the molecule is CC/C=C(/N=C(Nc1ccccc1SC(C)C)\C(C(C)=O)=C(/C)Cl)Nc1cc(C)c(C2CCN(C(=O)OC(C)(C)C)CC2)cc1OC(C)C. The van der Waals surface area contributed by atoms with Crippen molar-refractivity contribution in [2.45, 2.75) is 123 Å². The highest BCUT2D eigenvalue weighted by Gasteiger charge is 2.29. The Bertz CT molecular complexity index is 1560. The zero-order chi connectivity index (χ0) is 36.5. The number of aliphatic imine (C=N–C) groups is 1. The summed E-state index contributed by atoms with van der Waals surface area (Å²) >= 11 is 8.27. The number of piperidine rings is 1. The van der Waals surface area contributed by atoms with Gasteiger partial charge in [-0.1, -0.05) is 44.5 Å². The molecule has 1 amide bonds. The van der Waals surface area contributed by atoms with E-state index in [1.165, 1.54) is 12.5 Å². The lowest BCUT2D eigenvalue weighted by molar-refractivity contribution is -0.113. The maximum absolute atomic E-state index is 12.9. The molecule has 2 N–H and O–H groups in total. The molecule has 8 nitrogen and oxygen atoms in total. The van der Waals surface area contributed by atoms with Crippen LogP contribution in [0.3, 0.4) is 0 Å². The molecule has 0 bridgehead atoms. The number of amides is 1. The number of aryl methyl sites for hydroxylation is 1. The second-order valence-corrected chi connectivity index (χ2v) is 16.1. The second kappa shape index (κ2) is 18.0. The van der Waals surface area contributed by atoms with Crippen LogP contribution >= 0.6 is 23.4 Å². The van der Waals surface area contributed by atoms with Crippen LogP contribution in [-0.4, -0.2) is 52.7 Å². The van der Waals surface area contributed by atoms with Crippen molar-refractivity contribution in [3.63, 3.8) is 0 Å². The molecule has 0 radical (unpaired) electrons. The lowest BCUT2D eigenvalue weighted by Crippen LogP contribution is -2.41. The monoisotopic (exact) mass is 710 g/mol. The number of carbonyl (C=O) groups excluding carboxylic acids is 2. The molecule has 1 aliphatic heterocycles. The molecule has 2 aromatic rings. The number of benzene rings is 2. The Morgan fingerprint density at radius 3 is 2.27 bits per heavy atom. The van der Waals surface area contributed by atoms with E-state index in [4.69, 9.17) is 26.1 Å². The van der Waals surface area contributed by atoms with E-state index in [0.717, 1.165) is 34.7 Å². The van der Waals surface area contributed by atoms with E-state index in [1.807, 2.05) is 65.8 Å². The fourth-order valence-corrected chi connectivity index (χ4v) is 6.78. The van der Waals surface area contributed by atoms with Gasteiger partial charge in [-0.25, -0.2) is 9.79 Å². The number of anilines is 2. The summed E-state index contributed by atoms with van der Waals surface area (Å²) < 4.78 is 12.0. The summed E-state index contributed by atoms with van der Waals surface area (Å²) in [6.07, 6.45) is 4.03. The van der Waals surface area contributed by atoms with Crippen LogP contribution < -0.4 is 15.4 Å². The maximum atomic E-state index is 12.9. The molecule has 1 fully saturated rings. The van der Waals surface area contributed by atoms with Gasteiger partial charge in [-0.3, -0.25) is 4.79 Å². The minimum absolute atomic E-state index is 0.0643. The van der Waals surface area contributed by atoms with Gasteiger partial charge in [0.25, 0.3) is 0 Å². The molecule has 3 rings (SSSR count). The van der Waals surface area contributed by atoms with Crippen LogP contribution in [0.25, 0.3) is 0 Å². The van der Waals surface area contributed by atoms with E-state index in [-0.39, 0.29) is 23.9 Å². The summed E-state index contributed by atoms with van der Waals surface area (Å²) in [5.74, 6) is 1.72. The normalized spacial score (nSPS) is 15.3. The third kappa shape index (κ3) is 12.1. The van der Waals surface area contributed by atoms with Gasteiger partial charge in [0.1, 0.15) is 23.0 Å². The number of para-hydroxylation sites is 1. The number of nitrogens with one attached hydrogen (secondary N) is 2. The zero-order valence-corrected chi connectivity index (χ0v) is 32.7. The standard InChI is InChI=1S/C39H55ClN4O4S/c1-12-15-35(43-37(36(27(7)40)28(8)45)42-31-16-13-14-17-34(31)49-25(4)5)41-32-22-26(6)30(23-33(32)47-24(2)3)29-18-20-44(21-19-29)38(46)48-39(9,10)11/h13-17,22-25,29,41H,12,18-21H2,1-11H3,(H,42,43)/b35-15+,36-27+. The average molecular weight is 711 g/mol. The van der Waals surface area contributed by atoms with Crippen molar-refractivity contribution in [3.05, 3.63) is 70.0 Å². The van der Waals surface area contributed by atoms with Gasteiger partial charge in [0.2, 0.25) is 0 Å². The third-order valence-electron chi connectivity index (χ3n) is 7.65. The lowest BCUT2D eigenvalue weighted by Gasteiger charge is -2.34. The Balaban J connectivity index is 2.01. The van der Waals surface area contributed by atoms with E-state index >= 15 is 0 Å². The molecular formula is C39H55ClN4O4S. The van der Waals surface area contributed by atoms with Gasteiger partial charge in [-0.15, -0.1) is 11.8 Å². The van der Waals surface area contributed by atoms with Crippen molar-refractivity contribution in [3.8, 4) is 5.75 Å². The summed E-state index contributed by atoms with van der Waals surface area (Å²) in [7, 11) is 0. The molecule has 268 valence electrons. The number of ketones is 1. The topological polar surface area (TPSA) is 92.3 Å². The number of nitrogens with zero attached hydrogens (tertiary/aromatic N) is 2. The van der Waals surface area contributed by atoms with Crippen LogP contribution in [0.5, 0.6) is 5.75 Å². The van der Waals surface area contributed by atoms with Crippen LogP contribution in [0.2, 0.25) is 0 Å². The van der Waals surface area contributed by atoms with Crippen molar-refractivity contribution in [1.82, 2.24) is 4.90 Å². The van der Waals surface area contributed by atoms with Crippen molar-refractivity contribution in [2.75, 3.05) is 23.7 Å². The third-order valence-corrected chi connectivity index (χ3v) is 8.92. The highest BCUT2D eigenvalue weighted by Crippen LogP contribution is 2.38. The second-order valence-electron chi connectivity index (χ2n) is 13.9. The number of carbonyl (C=O) groups is 2. The van der Waals surface area contributed by atoms with Crippen molar-refractivity contribution < 1.29 is 19.1 Å². The highest BCUT2D eigenvalue weighted by molar-refractivity contribution is 8.00. The number of ether oxygens (including phenoxy) is 2. The summed E-state index contributed by atoms with van der Waals surface area (Å²) in [5.41, 5.74) is 3.73. The van der Waals surface area contributed by atoms with Crippen LogP contribution in [0, 0.1) is 6.92 Å². The van der Waals surface area contributed by atoms with E-state index in [9.17, 15) is 9.59 Å². The fraction of sp³-hybridized carbons (Fsp3) is 0.513. The Hall–Kier alpha value is -3.43. The van der Waals surface area contributed by atoms with Crippen molar-refractivity contribution in [2.24, 2.45) is 4.99 Å². The van der Waals surface area contributed by atoms with Gasteiger partial charge < -0.3 is 25.0 Å². The first kappa shape index (κ1) is 40.0. The smallest absolute Gasteiger partial charge is 0.410 e. The van der Waals surface area contributed by atoms with Crippen LogP contribution in [0.4, 0.5) is 16.2 Å². The Labute approximate surface area is 303 Å². The quantitative estimate of drug-likeness (QED) is 0.0980. The molecule has 0 unspecified atom stereocenters. The van der Waals surface area contributed by atoms with Crippen LogP contribution in [0.15, 0.2) is 68.8 Å². The first-order valence-electron chi connectivity index (χ1n) is 17.2. The summed E-state index contributed by atoms with van der Waals surface area (Å²) in [6, 6.07) is 12.2. The van der Waals surface area contributed by atoms with E-state index in [2.05, 4.69) is 49.6 Å². The molecular weight excluding hydrogens is 656 g/mol. The van der Waals surface area contributed by atoms with Crippen molar-refractivity contribution >= 4 is 52.4 Å². The number of allylic oxidation sites excluding steroid dienone is 2. The summed E-state index contributed by atoms with van der Waals surface area (Å²) in [4.78, 5) is 33.5. The maximum Gasteiger partial charge on any atom is 0.410 e. The minimum Gasteiger partial charge on any atom is -0.489 e. The van der Waals surface area contributed by atoms with E-state index in [0.29, 0.717) is 52.8 Å². The number of thioether (sulfide) groups is 1. The number of amidine groups is 1. The van der Waals surface area contributed by atoms with Gasteiger partial charge in [0, 0.05) is 28.3 Å². The first-order valence-corrected chi connectivity index (χ1v) is 18.5. The molecule has 0 aromatic heterocycles. The van der Waals surface area contributed by atoms with Gasteiger partial charge in [-0.2, -0.15) is 0 Å². The Kier molecular flexibility index (Phi) is 14.7. The minimum atomic E-state index is -0.521. The van der Waals surface area contributed by atoms with E-state index in [1.54, 1.807) is 23.6 Å². The molecule has 1 saturated heterocycles. The molecule has 49 heavy (non-hydrogen) atoms. The first-order chi connectivity index (χ1) is 23.0. The van der Waals surface area contributed by atoms with E-state index < -0.39 is 5.60 Å². The van der Waals surface area contributed by atoms with Crippen LogP contribution in [0.1, 0.15) is 106 Å². The molecule has 1 aliphatic rings. The van der Waals surface area contributed by atoms with Gasteiger partial charge >= 0.3 is 6.09 Å². The zero-order valence-electron chi connectivity index (χ0n) is 31.1.